The molecule has 0 aliphatic carbocycles. The molecule has 1 aliphatic rings. The lowest BCUT2D eigenvalue weighted by atomic mass is 10.0. The average Bonchev–Trinajstić information content (AvgIpc) is 3.22. The molecular formula is C29H30FN3O4S. The summed E-state index contributed by atoms with van der Waals surface area (Å²) in [5.74, 6) is 0.232. The third-order valence-electron chi connectivity index (χ3n) is 7.03. The van der Waals surface area contributed by atoms with Gasteiger partial charge in [-0.15, -0.1) is 0 Å². The smallest absolute Gasteiger partial charge is 0.254 e. The predicted octanol–water partition coefficient (Wildman–Crippen LogP) is 5.32. The molecule has 3 aromatic carbocycles. The molecule has 1 aromatic heterocycles. The number of carbonyl (C=O) groups excluding carboxylic acids is 1. The fraction of sp³-hybridized carbons (Fsp3) is 0.310. The van der Waals surface area contributed by atoms with E-state index in [0.717, 1.165) is 40.0 Å². The zero-order valence-corrected chi connectivity index (χ0v) is 22.5. The molecule has 1 amide bonds. The summed E-state index contributed by atoms with van der Waals surface area (Å²) in [6, 6.07) is 14.6. The van der Waals surface area contributed by atoms with Crippen LogP contribution < -0.4 is 4.74 Å². The highest BCUT2D eigenvalue weighted by Crippen LogP contribution is 2.32. The van der Waals surface area contributed by atoms with Crippen LogP contribution in [0.1, 0.15) is 48.1 Å². The zero-order valence-electron chi connectivity index (χ0n) is 21.7. The fourth-order valence-electron chi connectivity index (χ4n) is 4.87. The molecule has 0 saturated carbocycles. The lowest BCUT2D eigenvalue weighted by Crippen LogP contribution is -2.33. The summed E-state index contributed by atoms with van der Waals surface area (Å²) in [5, 5.41) is 0. The van der Waals surface area contributed by atoms with Gasteiger partial charge in [-0.3, -0.25) is 4.79 Å². The normalized spacial score (nSPS) is 13.7. The summed E-state index contributed by atoms with van der Waals surface area (Å²) in [7, 11) is -3.75. The van der Waals surface area contributed by atoms with Gasteiger partial charge in [-0.2, -0.15) is 0 Å². The Hall–Kier alpha value is -3.72. The summed E-state index contributed by atoms with van der Waals surface area (Å²) >= 11 is 0. The molecule has 0 saturated heterocycles. The summed E-state index contributed by atoms with van der Waals surface area (Å²) in [4.78, 5) is 22.8. The molecule has 5 rings (SSSR count). The Morgan fingerprint density at radius 3 is 2.55 bits per heavy atom. The Morgan fingerprint density at radius 1 is 1.05 bits per heavy atom. The van der Waals surface area contributed by atoms with E-state index in [0.29, 0.717) is 18.9 Å². The van der Waals surface area contributed by atoms with Crippen LogP contribution in [0.4, 0.5) is 4.39 Å². The van der Waals surface area contributed by atoms with E-state index in [1.54, 1.807) is 11.8 Å². The van der Waals surface area contributed by atoms with Crippen molar-refractivity contribution < 1.29 is 22.3 Å². The van der Waals surface area contributed by atoms with Gasteiger partial charge in [-0.05, 0) is 53.9 Å². The maximum absolute atomic E-state index is 15.3. The Balaban J connectivity index is 1.47. The minimum absolute atomic E-state index is 0.114. The predicted molar refractivity (Wildman–Crippen MR) is 145 cm³/mol. The van der Waals surface area contributed by atoms with E-state index >= 15 is 4.39 Å². The van der Waals surface area contributed by atoms with Crippen molar-refractivity contribution in [1.29, 1.82) is 0 Å². The first-order valence-electron chi connectivity index (χ1n) is 12.8. The molecule has 0 atom stereocenters. The molecule has 1 N–H and O–H groups in total. The minimum atomic E-state index is -3.75. The molecule has 4 aromatic rings. The van der Waals surface area contributed by atoms with E-state index in [2.05, 4.69) is 23.0 Å². The van der Waals surface area contributed by atoms with E-state index in [-0.39, 0.29) is 40.6 Å². The molecule has 0 spiro atoms. The Morgan fingerprint density at radius 2 is 1.82 bits per heavy atom. The number of rotatable bonds is 6. The Kier molecular flexibility index (Phi) is 6.96. The first kappa shape index (κ1) is 25.9. The largest absolute Gasteiger partial charge is 0.491 e. The number of aryl methyl sites for hydroxylation is 1. The van der Waals surface area contributed by atoms with E-state index in [1.807, 2.05) is 30.3 Å². The molecule has 0 unspecified atom stereocenters. The van der Waals surface area contributed by atoms with Gasteiger partial charge >= 0.3 is 0 Å². The van der Waals surface area contributed by atoms with Crippen LogP contribution in [0.25, 0.3) is 22.2 Å². The molecule has 2 heterocycles. The van der Waals surface area contributed by atoms with E-state index in [1.165, 1.54) is 19.1 Å². The Labute approximate surface area is 221 Å². The van der Waals surface area contributed by atoms with E-state index < -0.39 is 15.7 Å². The fourth-order valence-corrected chi connectivity index (χ4v) is 5.85. The number of nitrogens with zero attached hydrogens (tertiary/aromatic N) is 2. The number of nitrogens with one attached hydrogen (secondary N) is 1. The number of fused-ring (bicyclic) bond motifs is 2. The summed E-state index contributed by atoms with van der Waals surface area (Å²) < 4.78 is 45.9. The van der Waals surface area contributed by atoms with Gasteiger partial charge in [0.1, 0.15) is 28.9 Å². The number of H-pyrrole nitrogens is 1. The number of ether oxygens (including phenoxy) is 1. The van der Waals surface area contributed by atoms with Crippen LogP contribution in [-0.2, 0) is 29.2 Å². The van der Waals surface area contributed by atoms with Gasteiger partial charge < -0.3 is 14.6 Å². The Bertz CT molecular complexity index is 1650. The molecule has 0 radical (unpaired) electrons. The molecule has 0 bridgehead atoms. The second-order valence-corrected chi connectivity index (χ2v) is 11.6. The maximum atomic E-state index is 15.3. The summed E-state index contributed by atoms with van der Waals surface area (Å²) in [6.07, 6.45) is 1.02. The molecule has 38 heavy (non-hydrogen) atoms. The van der Waals surface area contributed by atoms with Gasteiger partial charge in [0.2, 0.25) is 0 Å². The van der Waals surface area contributed by atoms with Gasteiger partial charge in [-0.25, -0.2) is 17.8 Å². The molecular weight excluding hydrogens is 505 g/mol. The van der Waals surface area contributed by atoms with Gasteiger partial charge in [0.05, 0.1) is 23.3 Å². The van der Waals surface area contributed by atoms with E-state index in [9.17, 15) is 13.2 Å². The number of hydrogen-bond donors (Lipinski definition) is 1. The van der Waals surface area contributed by atoms with Crippen molar-refractivity contribution in [3.05, 3.63) is 76.9 Å². The van der Waals surface area contributed by atoms with Crippen molar-refractivity contribution in [3.8, 4) is 16.9 Å². The first-order valence-corrected chi connectivity index (χ1v) is 14.5. The quantitative estimate of drug-likeness (QED) is 0.361. The number of amides is 1. The zero-order chi connectivity index (χ0) is 27.0. The lowest BCUT2D eigenvalue weighted by molar-refractivity contribution is 0.0731. The van der Waals surface area contributed by atoms with Crippen LogP contribution in [0.15, 0.2) is 53.4 Å². The highest BCUT2D eigenvalue weighted by Gasteiger charge is 2.27. The SMILES string of the molecule is CCc1nc2ccc(-c3ccc4c(c3)CN(C(=O)c3ccc(S(=O)(=O)CC)c(F)c3CC)CCO4)cc2[nH]1. The molecule has 198 valence electrons. The minimum Gasteiger partial charge on any atom is -0.491 e. The van der Waals surface area contributed by atoms with Crippen molar-refractivity contribution in [1.82, 2.24) is 14.9 Å². The standard InChI is InChI=1S/C29H30FN3O4S/c1-4-21-22(9-12-26(28(21)30)38(35,36)6-3)29(34)33-13-14-37-25-11-8-18(15-20(25)17-33)19-7-10-23-24(16-19)32-27(5-2)31-23/h7-12,15-16H,4-6,13-14,17H2,1-3H3,(H,31,32). The topological polar surface area (TPSA) is 92.4 Å². The van der Waals surface area contributed by atoms with Crippen molar-refractivity contribution in [2.45, 2.75) is 45.1 Å². The number of hydrogen-bond acceptors (Lipinski definition) is 5. The van der Waals surface area contributed by atoms with Crippen LogP contribution in [0.2, 0.25) is 0 Å². The van der Waals surface area contributed by atoms with Gasteiger partial charge in [-0.1, -0.05) is 32.9 Å². The summed E-state index contributed by atoms with van der Waals surface area (Å²) in [5.41, 5.74) is 5.00. The number of aromatic amines is 1. The van der Waals surface area contributed by atoms with Crippen LogP contribution in [0.3, 0.4) is 0 Å². The number of sulfone groups is 1. The number of carbonyl (C=O) groups is 1. The van der Waals surface area contributed by atoms with Crippen LogP contribution >= 0.6 is 0 Å². The van der Waals surface area contributed by atoms with Crippen molar-refractivity contribution in [2.24, 2.45) is 0 Å². The number of benzene rings is 3. The number of aromatic nitrogens is 2. The van der Waals surface area contributed by atoms with E-state index in [4.69, 9.17) is 4.74 Å². The van der Waals surface area contributed by atoms with Crippen molar-refractivity contribution in [3.63, 3.8) is 0 Å². The van der Waals surface area contributed by atoms with Crippen LogP contribution in [0.5, 0.6) is 5.75 Å². The lowest BCUT2D eigenvalue weighted by Gasteiger charge is -2.22. The maximum Gasteiger partial charge on any atom is 0.254 e. The second kappa shape index (κ2) is 10.2. The molecule has 1 aliphatic heterocycles. The van der Waals surface area contributed by atoms with Crippen LogP contribution in [0, 0.1) is 5.82 Å². The first-order chi connectivity index (χ1) is 18.2. The third kappa shape index (κ3) is 4.67. The highest BCUT2D eigenvalue weighted by molar-refractivity contribution is 7.91. The average molecular weight is 536 g/mol. The molecule has 7 nitrogen and oxygen atoms in total. The number of imidazole rings is 1. The third-order valence-corrected chi connectivity index (χ3v) is 8.78. The van der Waals surface area contributed by atoms with Crippen molar-refractivity contribution >= 4 is 26.8 Å². The molecule has 0 fully saturated rings. The van der Waals surface area contributed by atoms with Crippen LogP contribution in [-0.4, -0.2) is 48.1 Å². The van der Waals surface area contributed by atoms with Crippen molar-refractivity contribution in [2.75, 3.05) is 18.9 Å². The monoisotopic (exact) mass is 535 g/mol. The highest BCUT2D eigenvalue weighted by atomic mass is 32.2. The van der Waals surface area contributed by atoms with Gasteiger partial charge in [0.25, 0.3) is 5.91 Å². The molecule has 9 heteroatoms. The number of halogens is 1. The second-order valence-electron chi connectivity index (χ2n) is 9.33. The van der Waals surface area contributed by atoms with Gasteiger partial charge in [0, 0.05) is 29.7 Å². The van der Waals surface area contributed by atoms with Gasteiger partial charge in [0.15, 0.2) is 9.84 Å². The summed E-state index contributed by atoms with van der Waals surface area (Å²) in [6.45, 7) is 6.14.